The SMILES string of the molecule is CCOc1ccc(NC(=O)CN2C(=O)COc3ccc(C=O)cc32)cc1. The summed E-state index contributed by atoms with van der Waals surface area (Å²) < 4.78 is 10.7. The average molecular weight is 354 g/mol. The minimum absolute atomic E-state index is 0.149. The Kier molecular flexibility index (Phi) is 5.17. The van der Waals surface area contributed by atoms with Crippen molar-refractivity contribution in [2.24, 2.45) is 0 Å². The first-order valence-corrected chi connectivity index (χ1v) is 8.16. The molecule has 26 heavy (non-hydrogen) atoms. The number of anilines is 2. The van der Waals surface area contributed by atoms with Crippen molar-refractivity contribution in [1.82, 2.24) is 0 Å². The highest BCUT2D eigenvalue weighted by atomic mass is 16.5. The smallest absolute Gasteiger partial charge is 0.265 e. The van der Waals surface area contributed by atoms with Crippen LogP contribution in [0.15, 0.2) is 42.5 Å². The van der Waals surface area contributed by atoms with Crippen LogP contribution in [0.2, 0.25) is 0 Å². The second-order valence-electron chi connectivity index (χ2n) is 5.62. The van der Waals surface area contributed by atoms with Gasteiger partial charge in [-0.05, 0) is 49.4 Å². The van der Waals surface area contributed by atoms with Gasteiger partial charge < -0.3 is 14.8 Å². The van der Waals surface area contributed by atoms with E-state index < -0.39 is 0 Å². The van der Waals surface area contributed by atoms with Gasteiger partial charge in [0.05, 0.1) is 12.3 Å². The molecular formula is C19H18N2O5. The van der Waals surface area contributed by atoms with E-state index in [4.69, 9.17) is 9.47 Å². The summed E-state index contributed by atoms with van der Waals surface area (Å²) in [6.45, 7) is 2.13. The molecule has 0 aromatic heterocycles. The number of ether oxygens (including phenoxy) is 2. The third-order valence-electron chi connectivity index (χ3n) is 3.81. The average Bonchev–Trinajstić information content (AvgIpc) is 2.65. The standard InChI is InChI=1S/C19H18N2O5/c1-2-25-15-6-4-14(5-7-15)20-18(23)10-21-16-9-13(11-22)3-8-17(16)26-12-19(21)24/h3-9,11H,2,10,12H2,1H3,(H,20,23). The summed E-state index contributed by atoms with van der Waals surface area (Å²) >= 11 is 0. The minimum atomic E-state index is -0.355. The molecule has 3 rings (SSSR count). The van der Waals surface area contributed by atoms with Crippen LogP contribution in [0.3, 0.4) is 0 Å². The molecule has 7 nitrogen and oxygen atoms in total. The highest BCUT2D eigenvalue weighted by Crippen LogP contribution is 2.32. The zero-order chi connectivity index (χ0) is 18.5. The summed E-state index contributed by atoms with van der Waals surface area (Å²) in [5.41, 5.74) is 1.41. The molecule has 0 saturated carbocycles. The summed E-state index contributed by atoms with van der Waals surface area (Å²) in [6, 6.07) is 11.7. The second kappa shape index (κ2) is 7.69. The van der Waals surface area contributed by atoms with Crippen molar-refractivity contribution < 1.29 is 23.9 Å². The van der Waals surface area contributed by atoms with E-state index in [1.165, 1.54) is 11.0 Å². The van der Waals surface area contributed by atoms with Crippen LogP contribution in [0, 0.1) is 0 Å². The quantitative estimate of drug-likeness (QED) is 0.805. The lowest BCUT2D eigenvalue weighted by molar-refractivity contribution is -0.123. The highest BCUT2D eigenvalue weighted by Gasteiger charge is 2.27. The zero-order valence-corrected chi connectivity index (χ0v) is 14.2. The van der Waals surface area contributed by atoms with Gasteiger partial charge in [-0.2, -0.15) is 0 Å². The second-order valence-corrected chi connectivity index (χ2v) is 5.62. The molecule has 0 atom stereocenters. The van der Waals surface area contributed by atoms with Gasteiger partial charge in [-0.1, -0.05) is 0 Å². The third-order valence-corrected chi connectivity index (χ3v) is 3.81. The number of nitrogens with one attached hydrogen (secondary N) is 1. The van der Waals surface area contributed by atoms with Gasteiger partial charge in [0.2, 0.25) is 5.91 Å². The van der Waals surface area contributed by atoms with E-state index in [1.54, 1.807) is 36.4 Å². The Bertz CT molecular complexity index is 832. The van der Waals surface area contributed by atoms with Gasteiger partial charge in [-0.3, -0.25) is 19.3 Å². The van der Waals surface area contributed by atoms with E-state index in [2.05, 4.69) is 5.32 Å². The highest BCUT2D eigenvalue weighted by molar-refractivity contribution is 6.05. The van der Waals surface area contributed by atoms with Gasteiger partial charge in [0.25, 0.3) is 5.91 Å². The van der Waals surface area contributed by atoms with Crippen molar-refractivity contribution in [1.29, 1.82) is 0 Å². The lowest BCUT2D eigenvalue weighted by Crippen LogP contribution is -2.43. The van der Waals surface area contributed by atoms with Crippen LogP contribution in [-0.4, -0.2) is 37.9 Å². The molecule has 7 heteroatoms. The lowest BCUT2D eigenvalue weighted by Gasteiger charge is -2.29. The summed E-state index contributed by atoms with van der Waals surface area (Å²) in [7, 11) is 0. The van der Waals surface area contributed by atoms with E-state index in [0.717, 1.165) is 0 Å². The molecule has 0 spiro atoms. The van der Waals surface area contributed by atoms with Crippen molar-refractivity contribution in [3.8, 4) is 11.5 Å². The Morgan fingerprint density at radius 3 is 2.73 bits per heavy atom. The van der Waals surface area contributed by atoms with Crippen molar-refractivity contribution in [3.63, 3.8) is 0 Å². The summed E-state index contributed by atoms with van der Waals surface area (Å²) in [6.07, 6.45) is 0.678. The minimum Gasteiger partial charge on any atom is -0.494 e. The van der Waals surface area contributed by atoms with Crippen molar-refractivity contribution in [3.05, 3.63) is 48.0 Å². The molecule has 1 N–H and O–H groups in total. The Labute approximate surface area is 150 Å². The number of aldehydes is 1. The van der Waals surface area contributed by atoms with E-state index in [-0.39, 0.29) is 25.0 Å². The van der Waals surface area contributed by atoms with Crippen LogP contribution in [0.4, 0.5) is 11.4 Å². The van der Waals surface area contributed by atoms with Crippen LogP contribution in [0.1, 0.15) is 17.3 Å². The van der Waals surface area contributed by atoms with Crippen LogP contribution < -0.4 is 19.7 Å². The van der Waals surface area contributed by atoms with Crippen LogP contribution in [0.25, 0.3) is 0 Å². The maximum absolute atomic E-state index is 12.4. The molecule has 0 saturated heterocycles. The van der Waals surface area contributed by atoms with Crippen molar-refractivity contribution in [2.75, 3.05) is 30.0 Å². The lowest BCUT2D eigenvalue weighted by atomic mass is 10.1. The predicted molar refractivity (Wildman–Crippen MR) is 95.9 cm³/mol. The number of benzene rings is 2. The van der Waals surface area contributed by atoms with Crippen LogP contribution >= 0.6 is 0 Å². The molecule has 0 bridgehead atoms. The number of rotatable bonds is 6. The molecule has 1 aliphatic rings. The maximum Gasteiger partial charge on any atom is 0.265 e. The first-order valence-electron chi connectivity index (χ1n) is 8.16. The molecule has 2 aromatic carbocycles. The molecule has 1 heterocycles. The number of nitrogens with zero attached hydrogens (tertiary/aromatic N) is 1. The molecule has 0 fully saturated rings. The van der Waals surface area contributed by atoms with E-state index in [9.17, 15) is 14.4 Å². The third kappa shape index (κ3) is 3.83. The number of carbonyl (C=O) groups excluding carboxylic acids is 3. The van der Waals surface area contributed by atoms with Gasteiger partial charge in [0, 0.05) is 11.3 Å². The van der Waals surface area contributed by atoms with Gasteiger partial charge in [-0.15, -0.1) is 0 Å². The van der Waals surface area contributed by atoms with Gasteiger partial charge >= 0.3 is 0 Å². The van der Waals surface area contributed by atoms with Crippen LogP contribution in [0.5, 0.6) is 11.5 Å². The molecule has 2 aromatic rings. The molecule has 0 aliphatic carbocycles. The molecule has 0 radical (unpaired) electrons. The van der Waals surface area contributed by atoms with Gasteiger partial charge in [0.1, 0.15) is 24.3 Å². The Morgan fingerprint density at radius 2 is 2.04 bits per heavy atom. The first kappa shape index (κ1) is 17.5. The predicted octanol–water partition coefficient (Wildman–Crippen LogP) is 2.26. The normalized spacial score (nSPS) is 12.8. The van der Waals surface area contributed by atoms with Crippen LogP contribution in [-0.2, 0) is 9.59 Å². The number of hydrogen-bond acceptors (Lipinski definition) is 5. The monoisotopic (exact) mass is 354 g/mol. The van der Waals surface area contributed by atoms with Crippen molar-refractivity contribution >= 4 is 29.5 Å². The molecule has 0 unspecified atom stereocenters. The topological polar surface area (TPSA) is 84.9 Å². The first-order chi connectivity index (χ1) is 12.6. The Balaban J connectivity index is 1.72. The largest absolute Gasteiger partial charge is 0.494 e. The van der Waals surface area contributed by atoms with Gasteiger partial charge in [0.15, 0.2) is 6.61 Å². The number of fused-ring (bicyclic) bond motifs is 1. The Hall–Kier alpha value is -3.35. The van der Waals surface area contributed by atoms with Gasteiger partial charge in [-0.25, -0.2) is 0 Å². The van der Waals surface area contributed by atoms with E-state index in [0.29, 0.717) is 41.3 Å². The number of carbonyl (C=O) groups is 3. The summed E-state index contributed by atoms with van der Waals surface area (Å²) in [4.78, 5) is 36.8. The fourth-order valence-electron chi connectivity index (χ4n) is 2.61. The van der Waals surface area contributed by atoms with Crippen molar-refractivity contribution in [2.45, 2.75) is 6.92 Å². The summed E-state index contributed by atoms with van der Waals surface area (Å²) in [5.74, 6) is 0.475. The van der Waals surface area contributed by atoms with E-state index >= 15 is 0 Å². The maximum atomic E-state index is 12.4. The summed E-state index contributed by atoms with van der Waals surface area (Å²) in [5, 5.41) is 2.74. The Morgan fingerprint density at radius 1 is 1.27 bits per heavy atom. The zero-order valence-electron chi connectivity index (χ0n) is 14.2. The van der Waals surface area contributed by atoms with E-state index in [1.807, 2.05) is 6.92 Å². The molecule has 134 valence electrons. The number of hydrogen-bond donors (Lipinski definition) is 1. The molecular weight excluding hydrogens is 336 g/mol. The number of amides is 2. The fourth-order valence-corrected chi connectivity index (χ4v) is 2.61. The molecule has 1 aliphatic heterocycles. The molecule has 2 amide bonds. The fraction of sp³-hybridized carbons (Fsp3) is 0.211.